The molecular formula is C23H23N3O. The van der Waals surface area contributed by atoms with Gasteiger partial charge in [0.05, 0.1) is 5.52 Å². The quantitative estimate of drug-likeness (QED) is 0.661. The lowest BCUT2D eigenvalue weighted by Gasteiger charge is -2.36. The number of carbonyl (C=O) groups excluding carboxylic acids is 1. The van der Waals surface area contributed by atoms with E-state index >= 15 is 0 Å². The van der Waals surface area contributed by atoms with Crippen molar-refractivity contribution in [3.05, 3.63) is 71.4 Å². The van der Waals surface area contributed by atoms with Crippen molar-refractivity contribution in [1.82, 2.24) is 9.88 Å². The minimum Gasteiger partial charge on any atom is -0.306 e. The molecule has 0 spiro atoms. The number of nitrogens with zero attached hydrogens (tertiary/aromatic N) is 3. The SMILES string of the molecule is Cc1ccc2c(c1)[C@@H]1CN(C)CC[C@H]1N2C(=O)c1ccc2ccccc2n1. The number of benzene rings is 2. The minimum atomic E-state index is 0.0166. The molecule has 0 aliphatic carbocycles. The van der Waals surface area contributed by atoms with E-state index in [1.807, 2.05) is 41.3 Å². The van der Waals surface area contributed by atoms with Crippen molar-refractivity contribution in [3.8, 4) is 0 Å². The van der Waals surface area contributed by atoms with E-state index in [1.165, 1.54) is 11.1 Å². The third kappa shape index (κ3) is 2.63. The van der Waals surface area contributed by atoms with Crippen LogP contribution < -0.4 is 4.90 Å². The number of likely N-dealkylation sites (tertiary alicyclic amines) is 1. The molecule has 0 saturated carbocycles. The Morgan fingerprint density at radius 3 is 2.85 bits per heavy atom. The molecule has 1 aromatic heterocycles. The van der Waals surface area contributed by atoms with E-state index in [0.717, 1.165) is 36.1 Å². The molecule has 2 aromatic carbocycles. The number of likely N-dealkylation sites (N-methyl/N-ethyl adjacent to an activating group) is 1. The zero-order valence-corrected chi connectivity index (χ0v) is 15.7. The van der Waals surface area contributed by atoms with Crippen LogP contribution in [0.5, 0.6) is 0 Å². The highest BCUT2D eigenvalue weighted by atomic mass is 16.2. The summed E-state index contributed by atoms with van der Waals surface area (Å²) < 4.78 is 0. The second-order valence-corrected chi connectivity index (χ2v) is 7.85. The van der Waals surface area contributed by atoms with E-state index in [1.54, 1.807) is 0 Å². The van der Waals surface area contributed by atoms with Gasteiger partial charge in [-0.2, -0.15) is 0 Å². The third-order valence-corrected chi connectivity index (χ3v) is 5.99. The number of pyridine rings is 1. The molecule has 1 amide bonds. The zero-order chi connectivity index (χ0) is 18.5. The number of carbonyl (C=O) groups is 1. The molecule has 2 aliphatic rings. The average molecular weight is 357 g/mol. The van der Waals surface area contributed by atoms with Crippen molar-refractivity contribution in [3.63, 3.8) is 0 Å². The molecule has 0 radical (unpaired) electrons. The summed E-state index contributed by atoms with van der Waals surface area (Å²) in [5, 5.41) is 1.06. The molecular weight excluding hydrogens is 334 g/mol. The molecule has 1 saturated heterocycles. The number of amides is 1. The number of hydrogen-bond acceptors (Lipinski definition) is 3. The highest BCUT2D eigenvalue weighted by Gasteiger charge is 2.44. The van der Waals surface area contributed by atoms with Crippen molar-refractivity contribution >= 4 is 22.5 Å². The molecule has 1 fully saturated rings. The number of rotatable bonds is 1. The summed E-state index contributed by atoms with van der Waals surface area (Å²) in [5.41, 5.74) is 5.01. The molecule has 4 nitrogen and oxygen atoms in total. The number of para-hydroxylation sites is 1. The number of anilines is 1. The Kier molecular flexibility index (Phi) is 3.76. The van der Waals surface area contributed by atoms with Crippen molar-refractivity contribution in [1.29, 1.82) is 0 Å². The topological polar surface area (TPSA) is 36.4 Å². The summed E-state index contributed by atoms with van der Waals surface area (Å²) in [7, 11) is 2.17. The van der Waals surface area contributed by atoms with Gasteiger partial charge in [-0.15, -0.1) is 0 Å². The molecule has 27 heavy (non-hydrogen) atoms. The predicted molar refractivity (Wildman–Crippen MR) is 108 cm³/mol. The maximum Gasteiger partial charge on any atom is 0.277 e. The highest BCUT2D eigenvalue weighted by molar-refractivity contribution is 6.07. The fourth-order valence-electron chi connectivity index (χ4n) is 4.65. The zero-order valence-electron chi connectivity index (χ0n) is 15.7. The molecule has 0 N–H and O–H groups in total. The predicted octanol–water partition coefficient (Wildman–Crippen LogP) is 3.99. The summed E-state index contributed by atoms with van der Waals surface area (Å²) in [6, 6.07) is 18.5. The maximum atomic E-state index is 13.5. The van der Waals surface area contributed by atoms with Crippen molar-refractivity contribution in [2.45, 2.75) is 25.3 Å². The lowest BCUT2D eigenvalue weighted by atomic mass is 9.89. The maximum absolute atomic E-state index is 13.5. The largest absolute Gasteiger partial charge is 0.306 e. The highest BCUT2D eigenvalue weighted by Crippen LogP contribution is 2.45. The summed E-state index contributed by atoms with van der Waals surface area (Å²) in [5.74, 6) is 0.394. The van der Waals surface area contributed by atoms with E-state index in [-0.39, 0.29) is 11.9 Å². The van der Waals surface area contributed by atoms with Crippen molar-refractivity contribution in [2.75, 3.05) is 25.0 Å². The first kappa shape index (κ1) is 16.5. The van der Waals surface area contributed by atoms with Gasteiger partial charge in [-0.05, 0) is 50.7 Å². The van der Waals surface area contributed by atoms with Crippen LogP contribution in [0.2, 0.25) is 0 Å². The van der Waals surface area contributed by atoms with Crippen LogP contribution in [-0.2, 0) is 0 Å². The van der Waals surface area contributed by atoms with Crippen LogP contribution in [0, 0.1) is 6.92 Å². The Morgan fingerprint density at radius 2 is 1.96 bits per heavy atom. The van der Waals surface area contributed by atoms with Crippen molar-refractivity contribution in [2.24, 2.45) is 0 Å². The molecule has 3 aromatic rings. The molecule has 2 aliphatic heterocycles. The summed E-state index contributed by atoms with van der Waals surface area (Å²) >= 11 is 0. The summed E-state index contributed by atoms with van der Waals surface area (Å²) in [6.07, 6.45) is 0.994. The van der Waals surface area contributed by atoms with Gasteiger partial charge in [0.15, 0.2) is 0 Å². The normalized spacial score (nSPS) is 21.9. The second kappa shape index (κ2) is 6.17. The molecule has 2 atom stereocenters. The van der Waals surface area contributed by atoms with Gasteiger partial charge >= 0.3 is 0 Å². The van der Waals surface area contributed by atoms with E-state index in [4.69, 9.17) is 0 Å². The van der Waals surface area contributed by atoms with E-state index in [2.05, 4.69) is 42.1 Å². The van der Waals surface area contributed by atoms with Gasteiger partial charge in [0.25, 0.3) is 5.91 Å². The number of aryl methyl sites for hydroxylation is 1. The van der Waals surface area contributed by atoms with Gasteiger partial charge < -0.3 is 9.80 Å². The number of hydrogen-bond donors (Lipinski definition) is 0. The molecule has 5 rings (SSSR count). The van der Waals surface area contributed by atoms with Gasteiger partial charge in [0.2, 0.25) is 0 Å². The van der Waals surface area contributed by atoms with Crippen LogP contribution in [0.25, 0.3) is 10.9 Å². The average Bonchev–Trinajstić information content (AvgIpc) is 3.00. The van der Waals surface area contributed by atoms with Crippen LogP contribution in [0.4, 0.5) is 5.69 Å². The van der Waals surface area contributed by atoms with E-state index in [0.29, 0.717) is 11.6 Å². The monoisotopic (exact) mass is 357 g/mol. The van der Waals surface area contributed by atoms with Gasteiger partial charge in [0, 0.05) is 29.6 Å². The van der Waals surface area contributed by atoms with Gasteiger partial charge in [0.1, 0.15) is 5.69 Å². The Balaban J connectivity index is 1.59. The molecule has 4 heteroatoms. The van der Waals surface area contributed by atoms with Gasteiger partial charge in [-0.3, -0.25) is 4.79 Å². The van der Waals surface area contributed by atoms with E-state index < -0.39 is 0 Å². The van der Waals surface area contributed by atoms with Gasteiger partial charge in [-0.1, -0.05) is 42.0 Å². The standard InChI is InChI=1S/C23H23N3O/c1-15-7-10-21-17(13-15)18-14-25(2)12-11-22(18)26(21)23(27)20-9-8-16-5-3-4-6-19(16)24-20/h3-10,13,18,22H,11-12,14H2,1-2H3/t18-,22+/m0/s1. The Bertz CT molecular complexity index is 1040. The fraction of sp³-hybridized carbons (Fsp3) is 0.304. The molecule has 0 unspecified atom stereocenters. The Labute approximate surface area is 159 Å². The van der Waals surface area contributed by atoms with Crippen LogP contribution in [-0.4, -0.2) is 42.0 Å². The van der Waals surface area contributed by atoms with Crippen LogP contribution in [0.1, 0.15) is 34.0 Å². The van der Waals surface area contributed by atoms with Crippen molar-refractivity contribution < 1.29 is 4.79 Å². The molecule has 3 heterocycles. The minimum absolute atomic E-state index is 0.0166. The Morgan fingerprint density at radius 1 is 1.11 bits per heavy atom. The first-order chi connectivity index (χ1) is 13.1. The lowest BCUT2D eigenvalue weighted by molar-refractivity contribution is 0.0960. The number of fused-ring (bicyclic) bond motifs is 4. The summed E-state index contributed by atoms with van der Waals surface area (Å²) in [4.78, 5) is 22.6. The van der Waals surface area contributed by atoms with Gasteiger partial charge in [-0.25, -0.2) is 4.98 Å². The first-order valence-corrected chi connectivity index (χ1v) is 9.60. The summed E-state index contributed by atoms with van der Waals surface area (Å²) in [6.45, 7) is 4.14. The van der Waals surface area contributed by atoms with Crippen LogP contribution in [0.3, 0.4) is 0 Å². The second-order valence-electron chi connectivity index (χ2n) is 7.85. The molecule has 136 valence electrons. The molecule has 0 bridgehead atoms. The smallest absolute Gasteiger partial charge is 0.277 e. The number of aromatic nitrogens is 1. The Hall–Kier alpha value is -2.72. The van der Waals surface area contributed by atoms with Crippen LogP contribution in [0.15, 0.2) is 54.6 Å². The van der Waals surface area contributed by atoms with Crippen LogP contribution >= 0.6 is 0 Å². The fourth-order valence-corrected chi connectivity index (χ4v) is 4.65. The first-order valence-electron chi connectivity index (χ1n) is 9.60. The lowest BCUT2D eigenvalue weighted by Crippen LogP contribution is -2.47. The van der Waals surface area contributed by atoms with E-state index in [9.17, 15) is 4.79 Å². The third-order valence-electron chi connectivity index (χ3n) is 5.99. The number of piperidine rings is 1.